The maximum Gasteiger partial charge on any atom is 0.0619 e. The Hall–Kier alpha value is -0.570. The Morgan fingerprint density at radius 1 is 1.42 bits per heavy atom. The van der Waals surface area contributed by atoms with Gasteiger partial charge in [0.1, 0.15) is 0 Å². The standard InChI is InChI=1S/C16H24ClNO/c1-3-9-18-16(12-6-5-7-13(17)11-12)14-8-10-19-15(14)4-2/h5-7,11,14-16,18H,3-4,8-10H2,1-2H3. The van der Waals surface area contributed by atoms with Gasteiger partial charge in [0.15, 0.2) is 0 Å². The molecule has 106 valence electrons. The maximum absolute atomic E-state index is 6.14. The molecule has 3 atom stereocenters. The van der Waals surface area contributed by atoms with Crippen LogP contribution < -0.4 is 5.32 Å². The van der Waals surface area contributed by atoms with Gasteiger partial charge in [-0.3, -0.25) is 0 Å². The highest BCUT2D eigenvalue weighted by Crippen LogP contribution is 2.35. The first-order chi connectivity index (χ1) is 9.26. The predicted molar refractivity (Wildman–Crippen MR) is 80.6 cm³/mol. The lowest BCUT2D eigenvalue weighted by Crippen LogP contribution is -2.33. The molecule has 0 saturated carbocycles. The van der Waals surface area contributed by atoms with Gasteiger partial charge in [0, 0.05) is 23.6 Å². The van der Waals surface area contributed by atoms with Crippen LogP contribution in [-0.2, 0) is 4.74 Å². The summed E-state index contributed by atoms with van der Waals surface area (Å²) in [5.74, 6) is 0.551. The molecule has 19 heavy (non-hydrogen) atoms. The molecule has 1 N–H and O–H groups in total. The van der Waals surface area contributed by atoms with Crippen molar-refractivity contribution in [1.29, 1.82) is 0 Å². The van der Waals surface area contributed by atoms with Gasteiger partial charge >= 0.3 is 0 Å². The molecule has 1 heterocycles. The van der Waals surface area contributed by atoms with Crippen molar-refractivity contribution < 1.29 is 4.74 Å². The van der Waals surface area contributed by atoms with Gasteiger partial charge in [-0.05, 0) is 43.5 Å². The van der Waals surface area contributed by atoms with E-state index in [1.807, 2.05) is 12.1 Å². The molecule has 1 saturated heterocycles. The molecule has 2 rings (SSSR count). The predicted octanol–water partition coefficient (Wildman–Crippen LogP) is 4.20. The normalized spacial score (nSPS) is 24.6. The Labute approximate surface area is 121 Å². The third-order valence-electron chi connectivity index (χ3n) is 3.91. The van der Waals surface area contributed by atoms with E-state index in [2.05, 4.69) is 31.3 Å². The van der Waals surface area contributed by atoms with E-state index in [0.717, 1.165) is 37.4 Å². The van der Waals surface area contributed by atoms with Crippen LogP contribution in [0.25, 0.3) is 0 Å². The minimum atomic E-state index is 0.353. The van der Waals surface area contributed by atoms with E-state index in [1.165, 1.54) is 5.56 Å². The summed E-state index contributed by atoms with van der Waals surface area (Å²) in [5.41, 5.74) is 1.29. The van der Waals surface area contributed by atoms with Crippen molar-refractivity contribution >= 4 is 11.6 Å². The Kier molecular flexibility index (Phi) is 5.68. The lowest BCUT2D eigenvalue weighted by atomic mass is 9.86. The molecule has 1 aliphatic rings. The zero-order chi connectivity index (χ0) is 13.7. The maximum atomic E-state index is 6.14. The molecule has 2 nitrogen and oxygen atoms in total. The summed E-state index contributed by atoms with van der Waals surface area (Å²) in [6.45, 7) is 6.32. The summed E-state index contributed by atoms with van der Waals surface area (Å²) in [7, 11) is 0. The fourth-order valence-electron chi connectivity index (χ4n) is 2.98. The molecular formula is C16H24ClNO. The van der Waals surface area contributed by atoms with Crippen LogP contribution in [0.4, 0.5) is 0 Å². The van der Waals surface area contributed by atoms with E-state index >= 15 is 0 Å². The Morgan fingerprint density at radius 3 is 2.95 bits per heavy atom. The van der Waals surface area contributed by atoms with Gasteiger partial charge in [-0.1, -0.05) is 37.6 Å². The number of rotatable bonds is 6. The Morgan fingerprint density at radius 2 is 2.26 bits per heavy atom. The molecule has 1 aromatic carbocycles. The Bertz CT molecular complexity index is 396. The van der Waals surface area contributed by atoms with Crippen LogP contribution in [0.5, 0.6) is 0 Å². The highest BCUT2D eigenvalue weighted by molar-refractivity contribution is 6.30. The van der Waals surface area contributed by atoms with Crippen molar-refractivity contribution in [2.75, 3.05) is 13.2 Å². The molecule has 0 aromatic heterocycles. The monoisotopic (exact) mass is 281 g/mol. The second kappa shape index (κ2) is 7.28. The van der Waals surface area contributed by atoms with Gasteiger partial charge in [0.05, 0.1) is 6.10 Å². The van der Waals surface area contributed by atoms with E-state index in [-0.39, 0.29) is 0 Å². The topological polar surface area (TPSA) is 21.3 Å². The summed E-state index contributed by atoms with van der Waals surface area (Å²) in [6, 6.07) is 8.58. The van der Waals surface area contributed by atoms with Crippen LogP contribution in [0.1, 0.15) is 44.7 Å². The minimum Gasteiger partial charge on any atom is -0.378 e. The fourth-order valence-corrected chi connectivity index (χ4v) is 3.18. The third-order valence-corrected chi connectivity index (χ3v) is 4.15. The number of ether oxygens (including phenoxy) is 1. The van der Waals surface area contributed by atoms with E-state index in [0.29, 0.717) is 18.1 Å². The molecule has 0 aliphatic carbocycles. The first kappa shape index (κ1) is 14.8. The SMILES string of the molecule is CCCNC(c1cccc(Cl)c1)C1CCOC1CC. The van der Waals surface area contributed by atoms with Crippen molar-refractivity contribution in [3.05, 3.63) is 34.9 Å². The van der Waals surface area contributed by atoms with Gasteiger partial charge in [-0.15, -0.1) is 0 Å². The van der Waals surface area contributed by atoms with Crippen molar-refractivity contribution in [1.82, 2.24) is 5.32 Å². The highest BCUT2D eigenvalue weighted by atomic mass is 35.5. The van der Waals surface area contributed by atoms with E-state index in [9.17, 15) is 0 Å². The average Bonchev–Trinajstić information content (AvgIpc) is 2.88. The molecule has 3 unspecified atom stereocenters. The molecule has 0 amide bonds. The second-order valence-electron chi connectivity index (χ2n) is 5.26. The van der Waals surface area contributed by atoms with E-state index in [1.54, 1.807) is 0 Å². The second-order valence-corrected chi connectivity index (χ2v) is 5.69. The largest absolute Gasteiger partial charge is 0.378 e. The minimum absolute atomic E-state index is 0.353. The zero-order valence-corrected chi connectivity index (χ0v) is 12.6. The van der Waals surface area contributed by atoms with Gasteiger partial charge < -0.3 is 10.1 Å². The first-order valence-corrected chi connectivity index (χ1v) is 7.74. The average molecular weight is 282 g/mol. The van der Waals surface area contributed by atoms with Crippen LogP contribution >= 0.6 is 11.6 Å². The van der Waals surface area contributed by atoms with Crippen LogP contribution in [0, 0.1) is 5.92 Å². The zero-order valence-electron chi connectivity index (χ0n) is 11.9. The Balaban J connectivity index is 2.19. The molecule has 3 heteroatoms. The lowest BCUT2D eigenvalue weighted by molar-refractivity contribution is 0.0774. The highest BCUT2D eigenvalue weighted by Gasteiger charge is 2.34. The number of nitrogens with one attached hydrogen (secondary N) is 1. The van der Waals surface area contributed by atoms with Crippen LogP contribution in [0.2, 0.25) is 5.02 Å². The van der Waals surface area contributed by atoms with Gasteiger partial charge in [-0.2, -0.15) is 0 Å². The van der Waals surface area contributed by atoms with Gasteiger partial charge in [0.2, 0.25) is 0 Å². The molecule has 0 spiro atoms. The molecule has 1 aromatic rings. The number of hydrogen-bond acceptors (Lipinski definition) is 2. The lowest BCUT2D eigenvalue weighted by Gasteiger charge is -2.28. The van der Waals surface area contributed by atoms with E-state index < -0.39 is 0 Å². The van der Waals surface area contributed by atoms with Crippen molar-refractivity contribution in [2.45, 2.75) is 45.3 Å². The van der Waals surface area contributed by atoms with Crippen molar-refractivity contribution in [2.24, 2.45) is 5.92 Å². The summed E-state index contributed by atoms with van der Waals surface area (Å²) in [6.07, 6.45) is 3.72. The quantitative estimate of drug-likeness (QED) is 0.844. The molecular weight excluding hydrogens is 258 g/mol. The summed E-state index contributed by atoms with van der Waals surface area (Å²) < 4.78 is 5.85. The molecule has 0 bridgehead atoms. The van der Waals surface area contributed by atoms with Crippen LogP contribution in [-0.4, -0.2) is 19.3 Å². The van der Waals surface area contributed by atoms with Crippen LogP contribution in [0.3, 0.4) is 0 Å². The van der Waals surface area contributed by atoms with Gasteiger partial charge in [0.25, 0.3) is 0 Å². The van der Waals surface area contributed by atoms with Gasteiger partial charge in [-0.25, -0.2) is 0 Å². The number of halogens is 1. The fraction of sp³-hybridized carbons (Fsp3) is 0.625. The molecule has 1 aliphatic heterocycles. The van der Waals surface area contributed by atoms with Crippen molar-refractivity contribution in [3.63, 3.8) is 0 Å². The molecule has 1 fully saturated rings. The first-order valence-electron chi connectivity index (χ1n) is 7.36. The van der Waals surface area contributed by atoms with E-state index in [4.69, 9.17) is 16.3 Å². The summed E-state index contributed by atoms with van der Waals surface area (Å²) >= 11 is 6.14. The smallest absolute Gasteiger partial charge is 0.0619 e. The molecule has 0 radical (unpaired) electrons. The van der Waals surface area contributed by atoms with Crippen LogP contribution in [0.15, 0.2) is 24.3 Å². The number of benzene rings is 1. The summed E-state index contributed by atoms with van der Waals surface area (Å²) in [5, 5.41) is 4.49. The summed E-state index contributed by atoms with van der Waals surface area (Å²) in [4.78, 5) is 0. The number of hydrogen-bond donors (Lipinski definition) is 1. The third kappa shape index (κ3) is 3.71. The van der Waals surface area contributed by atoms with Crippen molar-refractivity contribution in [3.8, 4) is 0 Å².